The second-order valence-corrected chi connectivity index (χ2v) is 5.61. The third-order valence-corrected chi connectivity index (χ3v) is 4.09. The minimum absolute atomic E-state index is 0.0549. The van der Waals surface area contributed by atoms with Gasteiger partial charge in [0.25, 0.3) is 0 Å². The summed E-state index contributed by atoms with van der Waals surface area (Å²) in [6.45, 7) is 6.63. The molecular formula is C17H21N3O4. The fraction of sp³-hybridized carbons (Fsp3) is 0.471. The van der Waals surface area contributed by atoms with Gasteiger partial charge in [0.2, 0.25) is 5.43 Å². The maximum Gasteiger partial charge on any atom is 0.343 e. The molecule has 0 aliphatic carbocycles. The van der Waals surface area contributed by atoms with Crippen LogP contribution in [0.15, 0.2) is 29.3 Å². The van der Waals surface area contributed by atoms with Crippen LogP contribution in [0.2, 0.25) is 0 Å². The smallest absolute Gasteiger partial charge is 0.343 e. The fourth-order valence-corrected chi connectivity index (χ4v) is 2.82. The van der Waals surface area contributed by atoms with E-state index in [1.807, 2.05) is 4.57 Å². The number of nitrogens with zero attached hydrogens (tertiary/aromatic N) is 3. The number of ether oxygens (including phenoxy) is 2. The van der Waals surface area contributed by atoms with E-state index in [-0.39, 0.29) is 17.6 Å². The van der Waals surface area contributed by atoms with Gasteiger partial charge in [0, 0.05) is 38.6 Å². The van der Waals surface area contributed by atoms with Gasteiger partial charge in [0.1, 0.15) is 11.2 Å². The highest BCUT2D eigenvalue weighted by Crippen LogP contribution is 2.10. The van der Waals surface area contributed by atoms with Crippen molar-refractivity contribution in [2.24, 2.45) is 0 Å². The van der Waals surface area contributed by atoms with Crippen LogP contribution in [0.25, 0.3) is 11.0 Å². The van der Waals surface area contributed by atoms with Crippen molar-refractivity contribution >= 4 is 17.0 Å². The van der Waals surface area contributed by atoms with Crippen LogP contribution in [0.5, 0.6) is 0 Å². The Morgan fingerprint density at radius 1 is 1.33 bits per heavy atom. The van der Waals surface area contributed by atoms with Gasteiger partial charge in [-0.15, -0.1) is 0 Å². The largest absolute Gasteiger partial charge is 0.462 e. The number of fused-ring (bicyclic) bond motifs is 1. The first-order valence-electron chi connectivity index (χ1n) is 8.16. The Hall–Kier alpha value is -2.25. The predicted molar refractivity (Wildman–Crippen MR) is 89.2 cm³/mol. The van der Waals surface area contributed by atoms with Gasteiger partial charge in [-0.05, 0) is 19.1 Å². The lowest BCUT2D eigenvalue weighted by molar-refractivity contribution is 0.0365. The van der Waals surface area contributed by atoms with Crippen molar-refractivity contribution in [3.8, 4) is 0 Å². The molecule has 0 spiro atoms. The van der Waals surface area contributed by atoms with Crippen LogP contribution in [0.1, 0.15) is 17.3 Å². The van der Waals surface area contributed by atoms with Crippen LogP contribution in [0.3, 0.4) is 0 Å². The number of morpholine rings is 1. The van der Waals surface area contributed by atoms with E-state index in [0.29, 0.717) is 17.6 Å². The second kappa shape index (κ2) is 7.55. The Kier molecular flexibility index (Phi) is 5.22. The average Bonchev–Trinajstić information content (AvgIpc) is 2.62. The van der Waals surface area contributed by atoms with Crippen LogP contribution < -0.4 is 5.43 Å². The lowest BCUT2D eigenvalue weighted by atomic mass is 10.2. The summed E-state index contributed by atoms with van der Waals surface area (Å²) in [7, 11) is 0. The molecule has 1 aliphatic heterocycles. The van der Waals surface area contributed by atoms with Crippen molar-refractivity contribution in [2.75, 3.05) is 39.5 Å². The molecule has 2 aromatic rings. The van der Waals surface area contributed by atoms with Crippen molar-refractivity contribution in [3.63, 3.8) is 0 Å². The third kappa shape index (κ3) is 3.47. The fourth-order valence-electron chi connectivity index (χ4n) is 2.82. The van der Waals surface area contributed by atoms with Gasteiger partial charge in [-0.2, -0.15) is 0 Å². The first-order chi connectivity index (χ1) is 11.7. The molecule has 1 fully saturated rings. The molecule has 128 valence electrons. The van der Waals surface area contributed by atoms with E-state index in [1.54, 1.807) is 31.5 Å². The van der Waals surface area contributed by atoms with Crippen LogP contribution in [0, 0.1) is 0 Å². The minimum Gasteiger partial charge on any atom is -0.462 e. The molecule has 0 amide bonds. The number of aromatic nitrogens is 2. The highest BCUT2D eigenvalue weighted by atomic mass is 16.5. The van der Waals surface area contributed by atoms with Crippen LogP contribution >= 0.6 is 0 Å². The van der Waals surface area contributed by atoms with E-state index in [2.05, 4.69) is 9.88 Å². The molecule has 7 heteroatoms. The molecule has 0 N–H and O–H groups in total. The van der Waals surface area contributed by atoms with E-state index in [9.17, 15) is 9.59 Å². The molecule has 1 aliphatic rings. The van der Waals surface area contributed by atoms with E-state index in [4.69, 9.17) is 9.47 Å². The van der Waals surface area contributed by atoms with Gasteiger partial charge in [0.05, 0.1) is 25.2 Å². The molecule has 0 radical (unpaired) electrons. The predicted octanol–water partition coefficient (Wildman–Crippen LogP) is 0.905. The summed E-state index contributed by atoms with van der Waals surface area (Å²) < 4.78 is 12.2. The van der Waals surface area contributed by atoms with Crippen LogP contribution in [-0.2, 0) is 16.0 Å². The first-order valence-corrected chi connectivity index (χ1v) is 8.16. The van der Waals surface area contributed by atoms with Gasteiger partial charge >= 0.3 is 5.97 Å². The van der Waals surface area contributed by atoms with Gasteiger partial charge < -0.3 is 14.0 Å². The van der Waals surface area contributed by atoms with Gasteiger partial charge in [0.15, 0.2) is 0 Å². The summed E-state index contributed by atoms with van der Waals surface area (Å²) in [4.78, 5) is 31.2. The summed E-state index contributed by atoms with van der Waals surface area (Å²) >= 11 is 0. The monoisotopic (exact) mass is 331 g/mol. The van der Waals surface area contributed by atoms with Crippen molar-refractivity contribution in [1.82, 2.24) is 14.5 Å². The summed E-state index contributed by atoms with van der Waals surface area (Å²) in [5.74, 6) is -0.589. The summed E-state index contributed by atoms with van der Waals surface area (Å²) in [5, 5.41) is 0.435. The molecule has 3 heterocycles. The molecule has 3 rings (SSSR count). The number of carbonyl (C=O) groups is 1. The topological polar surface area (TPSA) is 73.7 Å². The number of carbonyl (C=O) groups excluding carboxylic acids is 1. The molecule has 0 unspecified atom stereocenters. The van der Waals surface area contributed by atoms with Crippen molar-refractivity contribution in [3.05, 3.63) is 40.3 Å². The Balaban J connectivity index is 1.94. The zero-order valence-electron chi connectivity index (χ0n) is 13.7. The van der Waals surface area contributed by atoms with Crippen LogP contribution in [0.4, 0.5) is 0 Å². The molecule has 0 atom stereocenters. The highest BCUT2D eigenvalue weighted by Gasteiger charge is 2.17. The Labute approximate surface area is 139 Å². The van der Waals surface area contributed by atoms with Gasteiger partial charge in [-0.25, -0.2) is 9.78 Å². The maximum atomic E-state index is 12.5. The Morgan fingerprint density at radius 2 is 2.12 bits per heavy atom. The first kappa shape index (κ1) is 16.6. The second-order valence-electron chi connectivity index (χ2n) is 5.61. The maximum absolute atomic E-state index is 12.5. The van der Waals surface area contributed by atoms with E-state index < -0.39 is 5.97 Å². The number of esters is 1. The zero-order valence-corrected chi connectivity index (χ0v) is 13.7. The van der Waals surface area contributed by atoms with E-state index >= 15 is 0 Å². The van der Waals surface area contributed by atoms with Gasteiger partial charge in [-0.1, -0.05) is 0 Å². The van der Waals surface area contributed by atoms with Crippen molar-refractivity contribution < 1.29 is 14.3 Å². The molecule has 0 bridgehead atoms. The average molecular weight is 331 g/mol. The summed E-state index contributed by atoms with van der Waals surface area (Å²) in [5.41, 5.74) is 0.308. The minimum atomic E-state index is -0.589. The molecular weight excluding hydrogens is 310 g/mol. The molecule has 0 aromatic carbocycles. The van der Waals surface area contributed by atoms with E-state index in [1.165, 1.54) is 0 Å². The zero-order chi connectivity index (χ0) is 16.9. The lowest BCUT2D eigenvalue weighted by Gasteiger charge is -2.27. The molecule has 0 saturated carbocycles. The normalized spacial score (nSPS) is 15.5. The number of hydrogen-bond acceptors (Lipinski definition) is 6. The standard InChI is InChI=1S/C17H21N3O4/c1-2-24-17(22)14-12-20(7-6-19-8-10-23-11-9-19)16-13(15(14)21)4-3-5-18-16/h3-5,12H,2,6-11H2,1H3. The Bertz CT molecular complexity index is 781. The number of pyridine rings is 2. The molecule has 24 heavy (non-hydrogen) atoms. The van der Waals surface area contributed by atoms with Gasteiger partial charge in [-0.3, -0.25) is 9.69 Å². The highest BCUT2D eigenvalue weighted by molar-refractivity contribution is 5.92. The summed E-state index contributed by atoms with van der Waals surface area (Å²) in [6, 6.07) is 3.39. The quantitative estimate of drug-likeness (QED) is 0.758. The van der Waals surface area contributed by atoms with E-state index in [0.717, 1.165) is 32.8 Å². The van der Waals surface area contributed by atoms with Crippen LogP contribution in [-0.4, -0.2) is 59.9 Å². The SMILES string of the molecule is CCOC(=O)c1cn(CCN2CCOCC2)c2ncccc2c1=O. The number of hydrogen-bond donors (Lipinski definition) is 0. The lowest BCUT2D eigenvalue weighted by Crippen LogP contribution is -2.38. The molecule has 1 saturated heterocycles. The number of rotatable bonds is 5. The third-order valence-electron chi connectivity index (χ3n) is 4.09. The van der Waals surface area contributed by atoms with Crippen molar-refractivity contribution in [1.29, 1.82) is 0 Å². The Morgan fingerprint density at radius 3 is 2.88 bits per heavy atom. The van der Waals surface area contributed by atoms with Crippen molar-refractivity contribution in [2.45, 2.75) is 13.5 Å². The summed E-state index contributed by atoms with van der Waals surface area (Å²) in [6.07, 6.45) is 3.22. The molecule has 2 aromatic heterocycles. The molecule has 7 nitrogen and oxygen atoms in total.